The number of piperidine rings is 1. The van der Waals surface area contributed by atoms with Gasteiger partial charge in [-0.1, -0.05) is 7.43 Å². The molecule has 4 aromatic rings. The van der Waals surface area contributed by atoms with E-state index < -0.39 is 21.6 Å². The third-order valence-electron chi connectivity index (χ3n) is 10.3. The van der Waals surface area contributed by atoms with Crippen molar-refractivity contribution in [3.05, 3.63) is 46.8 Å². The molecule has 3 fully saturated rings. The largest absolute Gasteiger partial charge is 0.463 e. The fourth-order valence-electron chi connectivity index (χ4n) is 7.48. The molecule has 286 valence electrons. The van der Waals surface area contributed by atoms with Crippen LogP contribution in [0.3, 0.4) is 0 Å². The Balaban J connectivity index is 0.000000194. The van der Waals surface area contributed by atoms with Crippen LogP contribution in [0.25, 0.3) is 11.5 Å². The van der Waals surface area contributed by atoms with Gasteiger partial charge in [0, 0.05) is 88.9 Å². The number of ether oxygens (including phenoxy) is 2. The fraction of sp³-hybridized carbons (Fsp3) is 0.583. The van der Waals surface area contributed by atoms with Crippen LogP contribution in [0.5, 0.6) is 0 Å². The Kier molecular flexibility index (Phi) is 12.1. The molecule has 9 rings (SSSR count). The van der Waals surface area contributed by atoms with Crippen LogP contribution >= 0.6 is 11.6 Å². The first-order chi connectivity index (χ1) is 25.4. The van der Waals surface area contributed by atoms with Crippen molar-refractivity contribution in [1.29, 1.82) is 0 Å². The van der Waals surface area contributed by atoms with E-state index in [0.717, 1.165) is 135 Å². The van der Waals surface area contributed by atoms with Crippen molar-refractivity contribution in [3.8, 4) is 11.5 Å². The van der Waals surface area contributed by atoms with Gasteiger partial charge >= 0.3 is 0 Å². The molecule has 2 atom stereocenters. The molecule has 2 N–H and O–H groups in total. The van der Waals surface area contributed by atoms with E-state index in [1.54, 1.807) is 6.26 Å². The fourth-order valence-corrected chi connectivity index (χ4v) is 10.3. The first-order valence-electron chi connectivity index (χ1n) is 18.1. The predicted octanol–water partition coefficient (Wildman–Crippen LogP) is 5.13. The summed E-state index contributed by atoms with van der Waals surface area (Å²) in [6.07, 6.45) is 8.89. The summed E-state index contributed by atoms with van der Waals surface area (Å²) in [5, 5.41) is 11.9. The number of rotatable bonds is 7. The van der Waals surface area contributed by atoms with E-state index >= 15 is 0 Å². The van der Waals surface area contributed by atoms with E-state index in [9.17, 15) is 8.42 Å². The van der Waals surface area contributed by atoms with E-state index in [4.69, 9.17) is 40.6 Å². The minimum absolute atomic E-state index is 0. The van der Waals surface area contributed by atoms with Crippen LogP contribution in [0.1, 0.15) is 69.0 Å². The van der Waals surface area contributed by atoms with Crippen molar-refractivity contribution in [2.45, 2.75) is 86.6 Å². The smallest absolute Gasteiger partial charge is 0.227 e. The van der Waals surface area contributed by atoms with Gasteiger partial charge in [0.15, 0.2) is 5.76 Å². The molecule has 14 nitrogen and oxygen atoms in total. The van der Waals surface area contributed by atoms with Gasteiger partial charge in [0.1, 0.15) is 27.1 Å². The number of aromatic nitrogens is 6. The predicted molar refractivity (Wildman–Crippen MR) is 206 cm³/mol. The van der Waals surface area contributed by atoms with Gasteiger partial charge in [0.2, 0.25) is 11.2 Å². The Bertz CT molecular complexity index is 1920. The molecule has 2 unspecified atom stereocenters. The highest BCUT2D eigenvalue weighted by molar-refractivity contribution is 7.85. The molecule has 0 aromatic carbocycles. The first-order valence-corrected chi connectivity index (χ1v) is 21.2. The summed E-state index contributed by atoms with van der Waals surface area (Å²) < 4.78 is 42.9. The van der Waals surface area contributed by atoms with Crippen LogP contribution in [-0.2, 0) is 51.0 Å². The van der Waals surface area contributed by atoms with Crippen LogP contribution in [0, 0.1) is 0 Å². The summed E-state index contributed by atoms with van der Waals surface area (Å²) in [4.78, 5) is 21.9. The first kappa shape index (κ1) is 37.9. The van der Waals surface area contributed by atoms with Crippen LogP contribution in [0.2, 0.25) is 5.28 Å². The zero-order valence-corrected chi connectivity index (χ0v) is 31.6. The Morgan fingerprint density at radius 1 is 0.811 bits per heavy atom. The van der Waals surface area contributed by atoms with Crippen molar-refractivity contribution in [2.75, 3.05) is 66.6 Å². The number of furan rings is 1. The number of hydrogen-bond acceptors (Lipinski definition) is 13. The number of aryl methyl sites for hydroxylation is 3. The van der Waals surface area contributed by atoms with Crippen LogP contribution in [-0.4, -0.2) is 101 Å². The Morgan fingerprint density at radius 2 is 1.40 bits per heavy atom. The van der Waals surface area contributed by atoms with E-state index in [1.807, 2.05) is 23.9 Å². The van der Waals surface area contributed by atoms with Gasteiger partial charge in [0.25, 0.3) is 0 Å². The normalized spacial score (nSPS) is 22.0. The number of halogens is 1. The summed E-state index contributed by atoms with van der Waals surface area (Å²) in [5.74, 6) is 4.65. The zero-order valence-electron chi connectivity index (χ0n) is 29.2. The zero-order chi connectivity index (χ0) is 35.6. The van der Waals surface area contributed by atoms with Crippen molar-refractivity contribution >= 4 is 50.8 Å². The van der Waals surface area contributed by atoms with E-state index in [0.29, 0.717) is 41.7 Å². The maximum Gasteiger partial charge on any atom is 0.227 e. The molecular weight excluding hydrogens is 738 g/mol. The number of anilines is 3. The number of fused-ring (bicyclic) bond motifs is 2. The molecule has 9 heterocycles. The second-order valence-electron chi connectivity index (χ2n) is 13.7. The summed E-state index contributed by atoms with van der Waals surface area (Å²) in [7, 11) is -0.0611. The SMILES string of the molecule is C.Cn1nc(C2CCN(c3nc4c(c(NC5CCOCC5)n3)S(=O)CC4)CC2)cc1-c1ccco1.O=S1CCc2nc(Cl)nc(NC3CCOCC3)c21. The lowest BCUT2D eigenvalue weighted by molar-refractivity contribution is 0.0902. The van der Waals surface area contributed by atoms with Gasteiger partial charge in [-0.2, -0.15) is 15.1 Å². The van der Waals surface area contributed by atoms with Crippen molar-refractivity contribution in [3.63, 3.8) is 0 Å². The highest BCUT2D eigenvalue weighted by Gasteiger charge is 2.31. The van der Waals surface area contributed by atoms with Gasteiger partial charge < -0.3 is 29.4 Å². The highest BCUT2D eigenvalue weighted by atomic mass is 35.5. The van der Waals surface area contributed by atoms with Crippen LogP contribution in [0.4, 0.5) is 17.6 Å². The van der Waals surface area contributed by atoms with E-state index in [2.05, 4.69) is 31.6 Å². The summed E-state index contributed by atoms with van der Waals surface area (Å²) in [6, 6.07) is 6.63. The second kappa shape index (κ2) is 16.9. The maximum atomic E-state index is 12.7. The molecule has 53 heavy (non-hydrogen) atoms. The molecule has 0 bridgehead atoms. The second-order valence-corrected chi connectivity index (χ2v) is 17.1. The molecule has 3 saturated heterocycles. The third kappa shape index (κ3) is 8.46. The molecule has 17 heteroatoms. The molecule has 0 radical (unpaired) electrons. The summed E-state index contributed by atoms with van der Waals surface area (Å²) >= 11 is 5.91. The van der Waals surface area contributed by atoms with Crippen LogP contribution in [0.15, 0.2) is 38.7 Å². The Hall–Kier alpha value is -3.44. The minimum Gasteiger partial charge on any atom is -0.463 e. The summed E-state index contributed by atoms with van der Waals surface area (Å²) in [6.45, 7) is 4.75. The monoisotopic (exact) mass is 785 g/mol. The summed E-state index contributed by atoms with van der Waals surface area (Å²) in [5.41, 5.74) is 3.87. The number of nitrogens with zero attached hydrogens (tertiary/aromatic N) is 7. The molecule has 0 amide bonds. The quantitative estimate of drug-likeness (QED) is 0.238. The number of nitrogens with one attached hydrogen (secondary N) is 2. The standard InChI is InChI=1S/C24H30N6O3S.C11H14ClN3O2S.CH4/c1-29-20(21-3-2-11-33-21)15-19(28-29)16-4-9-30(10-5-16)24-26-18-8-14-34(31)22(18)23(27-24)25-17-6-12-32-13-7-17;12-11-14-8-3-6-18(16)9(8)10(15-11)13-7-1-4-17-5-2-7;/h2-3,11,15-17H,4-10,12-14H2,1H3,(H,25,26,27);7H,1-6H2,(H,13,14,15);1H4. The van der Waals surface area contributed by atoms with Crippen molar-refractivity contribution in [2.24, 2.45) is 7.05 Å². The molecule has 0 saturated carbocycles. The van der Waals surface area contributed by atoms with Crippen molar-refractivity contribution < 1.29 is 22.3 Å². The average molecular weight is 786 g/mol. The van der Waals surface area contributed by atoms with Gasteiger partial charge in [-0.05, 0) is 68.3 Å². The topological polar surface area (TPSA) is 162 Å². The molecule has 0 spiro atoms. The van der Waals surface area contributed by atoms with E-state index in [-0.39, 0.29) is 12.7 Å². The molecule has 5 aliphatic rings. The number of hydrogen-bond donors (Lipinski definition) is 2. The highest BCUT2D eigenvalue weighted by Crippen LogP contribution is 2.35. The lowest BCUT2D eigenvalue weighted by Crippen LogP contribution is -2.35. The average Bonchev–Trinajstić information content (AvgIpc) is 3.98. The molecule has 0 aliphatic carbocycles. The van der Waals surface area contributed by atoms with Crippen LogP contribution < -0.4 is 15.5 Å². The molecular formula is C36H48ClN9O5S2. The van der Waals surface area contributed by atoms with Crippen molar-refractivity contribution in [1.82, 2.24) is 29.7 Å². The third-order valence-corrected chi connectivity index (χ3v) is 13.4. The van der Waals surface area contributed by atoms with Gasteiger partial charge in [-0.25, -0.2) is 9.97 Å². The van der Waals surface area contributed by atoms with Gasteiger partial charge in [-0.15, -0.1) is 0 Å². The van der Waals surface area contributed by atoms with Gasteiger partial charge in [0.05, 0.1) is 44.9 Å². The molecule has 5 aliphatic heterocycles. The lowest BCUT2D eigenvalue weighted by Gasteiger charge is -2.32. The van der Waals surface area contributed by atoms with Gasteiger partial charge in [-0.3, -0.25) is 13.1 Å². The van der Waals surface area contributed by atoms with E-state index in [1.165, 1.54) is 0 Å². The Morgan fingerprint density at radius 3 is 1.98 bits per heavy atom. The maximum absolute atomic E-state index is 12.7. The Labute approximate surface area is 320 Å². The molecule has 4 aromatic heterocycles. The lowest BCUT2D eigenvalue weighted by atomic mass is 9.93. The minimum atomic E-state index is -1.03.